The zero-order chi connectivity index (χ0) is 12.4. The van der Waals surface area contributed by atoms with Gasteiger partial charge in [0.1, 0.15) is 6.04 Å². The Morgan fingerprint density at radius 2 is 1.94 bits per heavy atom. The van der Waals surface area contributed by atoms with Gasteiger partial charge in [-0.2, -0.15) is 11.8 Å². The molecule has 1 atom stereocenters. The summed E-state index contributed by atoms with van der Waals surface area (Å²) < 4.78 is 0. The number of aliphatic carboxylic acids is 1. The zero-order valence-corrected chi connectivity index (χ0v) is 11.5. The highest BCUT2D eigenvalue weighted by molar-refractivity contribution is 7.99. The maximum atomic E-state index is 10.9. The molecule has 0 saturated carbocycles. The second kappa shape index (κ2) is 9.97. The normalized spacial score (nSPS) is 13.0. The van der Waals surface area contributed by atoms with Gasteiger partial charge in [0, 0.05) is 0 Å². The largest absolute Gasteiger partial charge is 0.480 e. The monoisotopic (exact) mass is 247 g/mol. The van der Waals surface area contributed by atoms with E-state index in [4.69, 9.17) is 5.11 Å². The smallest absolute Gasteiger partial charge is 0.320 e. The van der Waals surface area contributed by atoms with Gasteiger partial charge < -0.3 is 10.4 Å². The van der Waals surface area contributed by atoms with Crippen LogP contribution in [-0.4, -0.2) is 35.2 Å². The summed E-state index contributed by atoms with van der Waals surface area (Å²) in [6.45, 7) is 7.25. The van der Waals surface area contributed by atoms with E-state index in [0.29, 0.717) is 0 Å². The van der Waals surface area contributed by atoms with Crippen LogP contribution in [-0.2, 0) is 4.79 Å². The molecule has 0 amide bonds. The third-order valence-electron chi connectivity index (χ3n) is 2.33. The van der Waals surface area contributed by atoms with Gasteiger partial charge in [0.2, 0.25) is 0 Å². The molecule has 0 aliphatic heterocycles. The molecular formula is C12H25NO2S. The number of carboxylic acid groups (broad SMARTS) is 1. The third kappa shape index (κ3) is 9.04. The van der Waals surface area contributed by atoms with E-state index in [1.807, 2.05) is 18.7 Å². The van der Waals surface area contributed by atoms with Crippen molar-refractivity contribution in [2.24, 2.45) is 5.92 Å². The van der Waals surface area contributed by atoms with Gasteiger partial charge in [-0.3, -0.25) is 4.79 Å². The quantitative estimate of drug-likeness (QED) is 0.583. The minimum Gasteiger partial charge on any atom is -0.480 e. The van der Waals surface area contributed by atoms with Crippen LogP contribution in [0.3, 0.4) is 0 Å². The van der Waals surface area contributed by atoms with E-state index < -0.39 is 5.97 Å². The molecule has 0 radical (unpaired) electrons. The number of hydrogen-bond acceptors (Lipinski definition) is 3. The Kier molecular flexibility index (Phi) is 9.83. The number of carbonyl (C=O) groups is 1. The average molecular weight is 247 g/mol. The number of carboxylic acids is 1. The van der Waals surface area contributed by atoms with Crippen molar-refractivity contribution in [3.63, 3.8) is 0 Å². The minimum atomic E-state index is -0.724. The maximum Gasteiger partial charge on any atom is 0.320 e. The van der Waals surface area contributed by atoms with Crippen LogP contribution in [0, 0.1) is 5.92 Å². The summed E-state index contributed by atoms with van der Waals surface area (Å²) in [5.74, 6) is 2.08. The third-order valence-corrected chi connectivity index (χ3v) is 3.38. The molecule has 2 N–H and O–H groups in total. The van der Waals surface area contributed by atoms with Gasteiger partial charge in [-0.05, 0) is 43.2 Å². The standard InChI is InChI=1S/C12H25NO2S/c1-4-7-13-11(12(14)15)6-9-16-8-5-10(2)3/h10-11,13H,4-9H2,1-3H3,(H,14,15). The fraction of sp³-hybridized carbons (Fsp3) is 0.917. The van der Waals surface area contributed by atoms with Crippen LogP contribution in [0.4, 0.5) is 0 Å². The summed E-state index contributed by atoms with van der Waals surface area (Å²) in [7, 11) is 0. The van der Waals surface area contributed by atoms with Crippen LogP contribution in [0.15, 0.2) is 0 Å². The Bertz CT molecular complexity index is 186. The Labute approximate surface area is 103 Å². The number of hydrogen-bond donors (Lipinski definition) is 2. The predicted octanol–water partition coefficient (Wildman–Crippen LogP) is 2.61. The van der Waals surface area contributed by atoms with Gasteiger partial charge in [-0.1, -0.05) is 20.8 Å². The highest BCUT2D eigenvalue weighted by Gasteiger charge is 2.15. The summed E-state index contributed by atoms with van der Waals surface area (Å²) in [6.07, 6.45) is 2.91. The molecule has 3 nitrogen and oxygen atoms in total. The summed E-state index contributed by atoms with van der Waals surface area (Å²) in [5, 5.41) is 12.0. The first-order valence-electron chi connectivity index (χ1n) is 6.11. The fourth-order valence-electron chi connectivity index (χ4n) is 1.25. The molecule has 4 heteroatoms. The topological polar surface area (TPSA) is 49.3 Å². The van der Waals surface area contributed by atoms with Gasteiger partial charge in [-0.15, -0.1) is 0 Å². The summed E-state index contributed by atoms with van der Waals surface area (Å²) in [4.78, 5) is 10.9. The van der Waals surface area contributed by atoms with E-state index in [0.717, 1.165) is 36.8 Å². The van der Waals surface area contributed by atoms with Gasteiger partial charge in [0.05, 0.1) is 0 Å². The lowest BCUT2D eigenvalue weighted by molar-refractivity contribution is -0.139. The van der Waals surface area contributed by atoms with Crippen LogP contribution < -0.4 is 5.32 Å². The molecule has 0 aromatic rings. The second-order valence-corrected chi connectivity index (χ2v) is 5.65. The molecule has 0 bridgehead atoms. The molecule has 16 heavy (non-hydrogen) atoms. The first kappa shape index (κ1) is 15.8. The van der Waals surface area contributed by atoms with Crippen molar-refractivity contribution in [2.45, 2.75) is 46.1 Å². The van der Waals surface area contributed by atoms with Crippen molar-refractivity contribution >= 4 is 17.7 Å². The zero-order valence-electron chi connectivity index (χ0n) is 10.7. The van der Waals surface area contributed by atoms with Crippen molar-refractivity contribution in [2.75, 3.05) is 18.1 Å². The highest BCUT2D eigenvalue weighted by atomic mass is 32.2. The van der Waals surface area contributed by atoms with Crippen molar-refractivity contribution in [1.82, 2.24) is 5.32 Å². The molecule has 96 valence electrons. The van der Waals surface area contributed by atoms with Crippen LogP contribution in [0.1, 0.15) is 40.0 Å². The lowest BCUT2D eigenvalue weighted by Gasteiger charge is -2.13. The number of rotatable bonds is 10. The average Bonchev–Trinajstić information content (AvgIpc) is 2.21. The van der Waals surface area contributed by atoms with E-state index in [1.54, 1.807) is 0 Å². The minimum absolute atomic E-state index is 0.369. The summed E-state index contributed by atoms with van der Waals surface area (Å²) in [5.41, 5.74) is 0. The summed E-state index contributed by atoms with van der Waals surface area (Å²) >= 11 is 1.86. The van der Waals surface area contributed by atoms with E-state index in [-0.39, 0.29) is 6.04 Å². The van der Waals surface area contributed by atoms with Crippen LogP contribution in [0.5, 0.6) is 0 Å². The van der Waals surface area contributed by atoms with Gasteiger partial charge >= 0.3 is 5.97 Å². The predicted molar refractivity (Wildman–Crippen MR) is 71.1 cm³/mol. The van der Waals surface area contributed by atoms with E-state index in [9.17, 15) is 4.79 Å². The first-order chi connectivity index (χ1) is 7.57. The Balaban J connectivity index is 3.56. The van der Waals surface area contributed by atoms with E-state index in [1.165, 1.54) is 6.42 Å². The Morgan fingerprint density at radius 3 is 2.44 bits per heavy atom. The molecule has 0 aromatic carbocycles. The number of thioether (sulfide) groups is 1. The van der Waals surface area contributed by atoms with Crippen LogP contribution in [0.2, 0.25) is 0 Å². The maximum absolute atomic E-state index is 10.9. The second-order valence-electron chi connectivity index (χ2n) is 4.43. The summed E-state index contributed by atoms with van der Waals surface area (Å²) in [6, 6.07) is -0.369. The van der Waals surface area contributed by atoms with Crippen molar-refractivity contribution in [3.05, 3.63) is 0 Å². The highest BCUT2D eigenvalue weighted by Crippen LogP contribution is 2.11. The SMILES string of the molecule is CCCNC(CCSCCC(C)C)C(=O)O. The molecule has 0 aliphatic carbocycles. The van der Waals surface area contributed by atoms with E-state index >= 15 is 0 Å². The lowest BCUT2D eigenvalue weighted by Crippen LogP contribution is -2.37. The molecule has 1 unspecified atom stereocenters. The number of nitrogens with one attached hydrogen (secondary N) is 1. The molecular weight excluding hydrogens is 222 g/mol. The Morgan fingerprint density at radius 1 is 1.31 bits per heavy atom. The van der Waals surface area contributed by atoms with Crippen LogP contribution in [0.25, 0.3) is 0 Å². The van der Waals surface area contributed by atoms with Crippen molar-refractivity contribution in [1.29, 1.82) is 0 Å². The Hall–Kier alpha value is -0.220. The molecule has 0 fully saturated rings. The van der Waals surface area contributed by atoms with Gasteiger partial charge in [0.25, 0.3) is 0 Å². The van der Waals surface area contributed by atoms with Gasteiger partial charge in [0.15, 0.2) is 0 Å². The molecule has 0 heterocycles. The van der Waals surface area contributed by atoms with E-state index in [2.05, 4.69) is 19.2 Å². The van der Waals surface area contributed by atoms with Crippen molar-refractivity contribution in [3.8, 4) is 0 Å². The van der Waals surface area contributed by atoms with Crippen LogP contribution >= 0.6 is 11.8 Å². The fourth-order valence-corrected chi connectivity index (χ4v) is 2.50. The molecule has 0 aromatic heterocycles. The van der Waals surface area contributed by atoms with Gasteiger partial charge in [-0.25, -0.2) is 0 Å². The first-order valence-corrected chi connectivity index (χ1v) is 7.27. The lowest BCUT2D eigenvalue weighted by atomic mass is 10.2. The molecule has 0 aliphatic rings. The van der Waals surface area contributed by atoms with Crippen molar-refractivity contribution < 1.29 is 9.90 Å². The molecule has 0 spiro atoms. The molecule has 0 rings (SSSR count). The molecule has 0 saturated heterocycles.